The van der Waals surface area contributed by atoms with Crippen LogP contribution in [0.25, 0.3) is 0 Å². The highest BCUT2D eigenvalue weighted by molar-refractivity contribution is 7.84. The van der Waals surface area contributed by atoms with Crippen molar-refractivity contribution in [2.75, 3.05) is 31.6 Å². The van der Waals surface area contributed by atoms with Crippen LogP contribution in [0.5, 0.6) is 0 Å². The summed E-state index contributed by atoms with van der Waals surface area (Å²) in [5.41, 5.74) is 0. The lowest BCUT2D eigenvalue weighted by Gasteiger charge is -2.33. The largest absolute Gasteiger partial charge is 0.310 e. The zero-order valence-electron chi connectivity index (χ0n) is 10.2. The van der Waals surface area contributed by atoms with E-state index in [9.17, 15) is 4.21 Å². The van der Waals surface area contributed by atoms with Gasteiger partial charge in [-0.05, 0) is 39.4 Å². The standard InChI is InChI=1S/C11H24N2OS/c1-4-13-7-5-11(6-8-13)12-10(2)9-15(3)14/h10-12H,4-9H2,1-3H3. The van der Waals surface area contributed by atoms with Crippen molar-refractivity contribution in [1.29, 1.82) is 0 Å². The van der Waals surface area contributed by atoms with E-state index in [2.05, 4.69) is 24.1 Å². The van der Waals surface area contributed by atoms with Gasteiger partial charge in [-0.15, -0.1) is 0 Å². The highest BCUT2D eigenvalue weighted by atomic mass is 32.2. The van der Waals surface area contributed by atoms with Gasteiger partial charge >= 0.3 is 0 Å². The van der Waals surface area contributed by atoms with Crippen LogP contribution in [0, 0.1) is 0 Å². The van der Waals surface area contributed by atoms with Crippen LogP contribution < -0.4 is 5.32 Å². The van der Waals surface area contributed by atoms with Crippen LogP contribution in [0.1, 0.15) is 26.7 Å². The van der Waals surface area contributed by atoms with Crippen molar-refractivity contribution in [3.63, 3.8) is 0 Å². The lowest BCUT2D eigenvalue weighted by Crippen LogP contribution is -2.46. The Hall–Kier alpha value is 0.0700. The van der Waals surface area contributed by atoms with Crippen molar-refractivity contribution in [3.8, 4) is 0 Å². The summed E-state index contributed by atoms with van der Waals surface area (Å²) in [6, 6.07) is 1.01. The molecule has 0 spiro atoms. The topological polar surface area (TPSA) is 32.3 Å². The maximum atomic E-state index is 11.1. The number of nitrogens with one attached hydrogen (secondary N) is 1. The van der Waals surface area contributed by atoms with Crippen LogP contribution in [0.4, 0.5) is 0 Å². The van der Waals surface area contributed by atoms with Crippen LogP contribution >= 0.6 is 0 Å². The number of hydrogen-bond acceptors (Lipinski definition) is 3. The Kier molecular flexibility index (Phi) is 5.79. The minimum absolute atomic E-state index is 0.383. The Morgan fingerprint density at radius 3 is 2.53 bits per heavy atom. The molecule has 0 aromatic rings. The fraction of sp³-hybridized carbons (Fsp3) is 1.00. The van der Waals surface area contributed by atoms with Crippen molar-refractivity contribution in [2.45, 2.75) is 38.8 Å². The molecule has 0 amide bonds. The van der Waals surface area contributed by atoms with Gasteiger partial charge in [0.2, 0.25) is 0 Å². The van der Waals surface area contributed by atoms with Gasteiger partial charge in [0.1, 0.15) is 0 Å². The summed E-state index contributed by atoms with van der Waals surface area (Å²) in [4.78, 5) is 2.49. The van der Waals surface area contributed by atoms with Crippen LogP contribution in [-0.4, -0.2) is 52.8 Å². The molecule has 0 aliphatic carbocycles. The summed E-state index contributed by atoms with van der Waals surface area (Å²) >= 11 is 0. The zero-order chi connectivity index (χ0) is 11.3. The molecule has 1 aliphatic rings. The third-order valence-corrected chi connectivity index (χ3v) is 4.01. The quantitative estimate of drug-likeness (QED) is 0.762. The van der Waals surface area contributed by atoms with Crippen molar-refractivity contribution in [3.05, 3.63) is 0 Å². The lowest BCUT2D eigenvalue weighted by atomic mass is 10.0. The maximum absolute atomic E-state index is 11.1. The molecule has 0 saturated carbocycles. The molecular weight excluding hydrogens is 208 g/mol. The zero-order valence-corrected chi connectivity index (χ0v) is 11.0. The monoisotopic (exact) mass is 232 g/mol. The van der Waals surface area contributed by atoms with Gasteiger partial charge in [-0.25, -0.2) is 0 Å². The van der Waals surface area contributed by atoms with Crippen molar-refractivity contribution in [1.82, 2.24) is 10.2 Å². The molecular formula is C11H24N2OS. The first kappa shape index (κ1) is 13.1. The van der Waals surface area contributed by atoms with Crippen LogP contribution in [0.2, 0.25) is 0 Å². The average Bonchev–Trinajstić information content (AvgIpc) is 2.17. The second-order valence-corrected chi connectivity index (χ2v) is 6.00. The summed E-state index contributed by atoms with van der Waals surface area (Å²) in [6.07, 6.45) is 4.24. The van der Waals surface area contributed by atoms with Crippen LogP contribution in [0.15, 0.2) is 0 Å². The van der Waals surface area contributed by atoms with E-state index in [0.29, 0.717) is 12.1 Å². The van der Waals surface area contributed by atoms with Gasteiger partial charge in [0.05, 0.1) is 0 Å². The Balaban J connectivity index is 2.20. The molecule has 0 aromatic heterocycles. The minimum atomic E-state index is -0.682. The normalized spacial score (nSPS) is 23.9. The van der Waals surface area contributed by atoms with Gasteiger partial charge in [-0.1, -0.05) is 6.92 Å². The van der Waals surface area contributed by atoms with E-state index in [1.165, 1.54) is 32.5 Å². The first-order valence-corrected chi connectivity index (χ1v) is 7.63. The molecule has 1 N–H and O–H groups in total. The van der Waals surface area contributed by atoms with E-state index in [1.807, 2.05) is 0 Å². The molecule has 1 heterocycles. The summed E-state index contributed by atoms with van der Waals surface area (Å²) in [5, 5.41) is 3.58. The fourth-order valence-corrected chi connectivity index (χ4v) is 3.02. The molecule has 15 heavy (non-hydrogen) atoms. The number of piperidine rings is 1. The smallest absolute Gasteiger partial charge is 0.0383 e. The average molecular weight is 232 g/mol. The summed E-state index contributed by atoms with van der Waals surface area (Å²) in [7, 11) is -0.682. The van der Waals surface area contributed by atoms with Gasteiger partial charge < -0.3 is 10.2 Å². The van der Waals surface area contributed by atoms with E-state index >= 15 is 0 Å². The molecule has 0 radical (unpaired) electrons. The van der Waals surface area contributed by atoms with Crippen LogP contribution in [-0.2, 0) is 10.8 Å². The third kappa shape index (κ3) is 5.09. The van der Waals surface area contributed by atoms with E-state index < -0.39 is 10.8 Å². The maximum Gasteiger partial charge on any atom is 0.0383 e. The van der Waals surface area contributed by atoms with E-state index in [1.54, 1.807) is 6.26 Å². The molecule has 0 bridgehead atoms. The molecule has 2 atom stereocenters. The molecule has 1 aliphatic heterocycles. The fourth-order valence-electron chi connectivity index (χ4n) is 2.22. The van der Waals surface area contributed by atoms with E-state index in [0.717, 1.165) is 5.75 Å². The molecule has 0 aromatic carbocycles. The predicted octanol–water partition coefficient (Wildman–Crippen LogP) is 0.827. The minimum Gasteiger partial charge on any atom is -0.310 e. The van der Waals surface area contributed by atoms with Gasteiger partial charge in [0.15, 0.2) is 0 Å². The van der Waals surface area contributed by atoms with E-state index in [-0.39, 0.29) is 0 Å². The molecule has 90 valence electrons. The summed E-state index contributed by atoms with van der Waals surface area (Å²) < 4.78 is 11.1. The first-order valence-electron chi connectivity index (χ1n) is 5.90. The number of nitrogens with zero attached hydrogens (tertiary/aromatic N) is 1. The summed E-state index contributed by atoms with van der Waals surface area (Å²) in [6.45, 7) is 7.93. The predicted molar refractivity (Wildman–Crippen MR) is 66.7 cm³/mol. The number of rotatable bonds is 5. The molecule has 1 fully saturated rings. The Morgan fingerprint density at radius 1 is 1.47 bits per heavy atom. The lowest BCUT2D eigenvalue weighted by molar-refractivity contribution is 0.202. The SMILES string of the molecule is CCN1CCC(NC(C)CS(C)=O)CC1. The van der Waals surface area contributed by atoms with Gasteiger partial charge in [0, 0.05) is 34.9 Å². The van der Waals surface area contributed by atoms with Crippen molar-refractivity contribution >= 4 is 10.8 Å². The molecule has 4 heteroatoms. The Bertz CT molecular complexity index is 203. The van der Waals surface area contributed by atoms with Gasteiger partial charge in [-0.3, -0.25) is 4.21 Å². The van der Waals surface area contributed by atoms with Crippen molar-refractivity contribution < 1.29 is 4.21 Å². The Labute approximate surface area is 96.1 Å². The highest BCUT2D eigenvalue weighted by Gasteiger charge is 2.19. The number of hydrogen-bond donors (Lipinski definition) is 1. The third-order valence-electron chi connectivity index (χ3n) is 3.04. The number of likely N-dealkylation sites (tertiary alicyclic amines) is 1. The van der Waals surface area contributed by atoms with Gasteiger partial charge in [-0.2, -0.15) is 0 Å². The second kappa shape index (κ2) is 6.61. The molecule has 2 unspecified atom stereocenters. The van der Waals surface area contributed by atoms with Gasteiger partial charge in [0.25, 0.3) is 0 Å². The summed E-state index contributed by atoms with van der Waals surface area (Å²) in [5.74, 6) is 0.772. The van der Waals surface area contributed by atoms with Crippen LogP contribution in [0.3, 0.4) is 0 Å². The first-order chi connectivity index (χ1) is 7.11. The van der Waals surface area contributed by atoms with Crippen molar-refractivity contribution in [2.24, 2.45) is 0 Å². The highest BCUT2D eigenvalue weighted by Crippen LogP contribution is 2.10. The molecule has 3 nitrogen and oxygen atoms in total. The molecule has 1 rings (SSSR count). The van der Waals surface area contributed by atoms with E-state index in [4.69, 9.17) is 0 Å². The Morgan fingerprint density at radius 2 is 2.07 bits per heavy atom. The molecule has 1 saturated heterocycles. The second-order valence-electron chi connectivity index (χ2n) is 4.52.